The molecule has 0 bridgehead atoms. The second-order valence-corrected chi connectivity index (χ2v) is 4.23. The molecule has 0 aromatic carbocycles. The molecule has 0 aromatic rings. The zero-order chi connectivity index (χ0) is 12.9. The van der Waals surface area contributed by atoms with Crippen LogP contribution >= 0.6 is 0 Å². The molecule has 0 atom stereocenters. The summed E-state index contributed by atoms with van der Waals surface area (Å²) >= 11 is 0. The summed E-state index contributed by atoms with van der Waals surface area (Å²) in [5.74, 6) is -1.02. The van der Waals surface area contributed by atoms with Crippen molar-refractivity contribution in [2.75, 3.05) is 34.2 Å². The van der Waals surface area contributed by atoms with Crippen molar-refractivity contribution in [2.45, 2.75) is 19.4 Å². The Morgan fingerprint density at radius 1 is 1.31 bits per heavy atom. The van der Waals surface area contributed by atoms with E-state index < -0.39 is 11.5 Å². The molecule has 0 radical (unpaired) electrons. The Balaban J connectivity index is 4.54. The molecule has 0 aromatic heterocycles. The van der Waals surface area contributed by atoms with Crippen LogP contribution < -0.4 is 5.32 Å². The first-order valence-corrected chi connectivity index (χ1v) is 5.12. The molecule has 0 aliphatic heterocycles. The highest BCUT2D eigenvalue weighted by Crippen LogP contribution is 2.14. The van der Waals surface area contributed by atoms with Crippen molar-refractivity contribution in [2.24, 2.45) is 0 Å². The maximum Gasteiger partial charge on any atom is 0.329 e. The summed E-state index contributed by atoms with van der Waals surface area (Å²) < 4.78 is 0. The lowest BCUT2D eigenvalue weighted by molar-refractivity contribution is -0.147. The zero-order valence-corrected chi connectivity index (χ0v) is 10.6. The molecule has 6 heteroatoms. The predicted molar refractivity (Wildman–Crippen MR) is 61.4 cm³/mol. The third kappa shape index (κ3) is 3.37. The van der Waals surface area contributed by atoms with Gasteiger partial charge < -0.3 is 20.2 Å². The Morgan fingerprint density at radius 2 is 1.81 bits per heavy atom. The molecular weight excluding hydrogens is 210 g/mol. The number of nitrogens with zero attached hydrogens (tertiary/aromatic N) is 2. The number of amides is 2. The minimum absolute atomic E-state index is 0.303. The first kappa shape index (κ1) is 14.7. The fourth-order valence-electron chi connectivity index (χ4n) is 1.01. The Kier molecular flexibility index (Phi) is 5.23. The number of rotatable bonds is 5. The monoisotopic (exact) mass is 231 g/mol. The number of nitrogens with one attached hydrogen (secondary N) is 1. The van der Waals surface area contributed by atoms with Gasteiger partial charge in [0.05, 0.1) is 0 Å². The molecular formula is C10H21N3O3. The van der Waals surface area contributed by atoms with Crippen LogP contribution in [0.2, 0.25) is 0 Å². The highest BCUT2D eigenvalue weighted by Gasteiger charge is 2.36. The molecule has 16 heavy (non-hydrogen) atoms. The topological polar surface area (TPSA) is 72.9 Å². The average Bonchev–Trinajstić information content (AvgIpc) is 2.23. The van der Waals surface area contributed by atoms with Crippen LogP contribution in [0.15, 0.2) is 0 Å². The third-order valence-electron chi connectivity index (χ3n) is 2.67. The summed E-state index contributed by atoms with van der Waals surface area (Å²) in [6.45, 7) is 4.21. The van der Waals surface area contributed by atoms with Crippen molar-refractivity contribution in [1.29, 1.82) is 0 Å². The molecule has 0 spiro atoms. The van der Waals surface area contributed by atoms with Crippen LogP contribution in [0.3, 0.4) is 0 Å². The minimum Gasteiger partial charge on any atom is -0.480 e. The lowest BCUT2D eigenvalue weighted by Gasteiger charge is -2.34. The number of aliphatic carboxylic acids is 1. The second kappa shape index (κ2) is 5.69. The Hall–Kier alpha value is -1.30. The molecule has 0 aliphatic carbocycles. The molecule has 0 unspecified atom stereocenters. The van der Waals surface area contributed by atoms with Crippen molar-refractivity contribution in [1.82, 2.24) is 15.1 Å². The van der Waals surface area contributed by atoms with E-state index >= 15 is 0 Å². The SMILES string of the molecule is CNCCN(C)C(=O)N(C)C(C)(C)C(=O)O. The second-order valence-electron chi connectivity index (χ2n) is 4.23. The average molecular weight is 231 g/mol. The first-order valence-electron chi connectivity index (χ1n) is 5.12. The van der Waals surface area contributed by atoms with Crippen LogP contribution in [0.1, 0.15) is 13.8 Å². The Labute approximate surface area is 96.2 Å². The van der Waals surface area contributed by atoms with E-state index in [1.807, 2.05) is 0 Å². The molecule has 6 nitrogen and oxygen atoms in total. The van der Waals surface area contributed by atoms with Crippen LogP contribution in [0, 0.1) is 0 Å². The summed E-state index contributed by atoms with van der Waals surface area (Å²) in [6.07, 6.45) is 0. The van der Waals surface area contributed by atoms with Gasteiger partial charge in [-0.2, -0.15) is 0 Å². The van der Waals surface area contributed by atoms with E-state index in [0.29, 0.717) is 13.1 Å². The van der Waals surface area contributed by atoms with Crippen molar-refractivity contribution in [3.63, 3.8) is 0 Å². The van der Waals surface area contributed by atoms with Gasteiger partial charge in [-0.3, -0.25) is 0 Å². The van der Waals surface area contributed by atoms with E-state index in [1.54, 1.807) is 14.1 Å². The maximum absolute atomic E-state index is 11.9. The summed E-state index contributed by atoms with van der Waals surface area (Å²) in [5, 5.41) is 11.9. The summed E-state index contributed by atoms with van der Waals surface area (Å²) in [6, 6.07) is -0.303. The van der Waals surface area contributed by atoms with Crippen molar-refractivity contribution < 1.29 is 14.7 Å². The third-order valence-corrected chi connectivity index (χ3v) is 2.67. The van der Waals surface area contributed by atoms with Gasteiger partial charge in [0, 0.05) is 27.2 Å². The van der Waals surface area contributed by atoms with Crippen LogP contribution in [0.5, 0.6) is 0 Å². The van der Waals surface area contributed by atoms with Gasteiger partial charge in [0.25, 0.3) is 0 Å². The molecule has 0 aliphatic rings. The minimum atomic E-state index is -1.20. The van der Waals surface area contributed by atoms with E-state index in [0.717, 1.165) is 0 Å². The maximum atomic E-state index is 11.9. The Bertz CT molecular complexity index is 266. The molecule has 0 saturated heterocycles. The predicted octanol–water partition coefficient (Wildman–Crippen LogP) is 0.0526. The summed E-state index contributed by atoms with van der Waals surface area (Å²) in [5.41, 5.74) is -1.20. The van der Waals surface area contributed by atoms with Crippen LogP contribution in [-0.2, 0) is 4.79 Å². The summed E-state index contributed by atoms with van der Waals surface area (Å²) in [4.78, 5) is 25.6. The Morgan fingerprint density at radius 3 is 2.19 bits per heavy atom. The molecule has 2 amide bonds. The van der Waals surface area contributed by atoms with E-state index in [-0.39, 0.29) is 6.03 Å². The smallest absolute Gasteiger partial charge is 0.329 e. The van der Waals surface area contributed by atoms with Crippen molar-refractivity contribution >= 4 is 12.0 Å². The number of likely N-dealkylation sites (N-methyl/N-ethyl adjacent to an activating group) is 3. The quantitative estimate of drug-likeness (QED) is 0.701. The highest BCUT2D eigenvalue weighted by molar-refractivity contribution is 5.85. The fourth-order valence-corrected chi connectivity index (χ4v) is 1.01. The molecule has 0 saturated carbocycles. The number of hydrogen-bond acceptors (Lipinski definition) is 3. The molecule has 0 heterocycles. The normalized spacial score (nSPS) is 11.1. The van der Waals surface area contributed by atoms with Gasteiger partial charge in [-0.15, -0.1) is 0 Å². The van der Waals surface area contributed by atoms with E-state index in [1.165, 1.54) is 30.7 Å². The number of carbonyl (C=O) groups excluding carboxylic acids is 1. The van der Waals surface area contributed by atoms with E-state index in [9.17, 15) is 9.59 Å². The van der Waals surface area contributed by atoms with E-state index in [2.05, 4.69) is 5.32 Å². The lowest BCUT2D eigenvalue weighted by Crippen LogP contribution is -2.54. The van der Waals surface area contributed by atoms with Gasteiger partial charge in [-0.25, -0.2) is 9.59 Å². The fraction of sp³-hybridized carbons (Fsp3) is 0.800. The van der Waals surface area contributed by atoms with E-state index in [4.69, 9.17) is 5.11 Å². The van der Waals surface area contributed by atoms with Gasteiger partial charge in [-0.05, 0) is 20.9 Å². The van der Waals surface area contributed by atoms with Crippen molar-refractivity contribution in [3.05, 3.63) is 0 Å². The van der Waals surface area contributed by atoms with Gasteiger partial charge >= 0.3 is 12.0 Å². The number of urea groups is 1. The van der Waals surface area contributed by atoms with Crippen LogP contribution in [-0.4, -0.2) is 66.7 Å². The van der Waals surface area contributed by atoms with Gasteiger partial charge in [0.1, 0.15) is 5.54 Å². The molecule has 2 N–H and O–H groups in total. The highest BCUT2D eigenvalue weighted by atomic mass is 16.4. The van der Waals surface area contributed by atoms with Crippen LogP contribution in [0.25, 0.3) is 0 Å². The van der Waals surface area contributed by atoms with Gasteiger partial charge in [0.15, 0.2) is 0 Å². The number of carboxylic acids is 1. The molecule has 0 fully saturated rings. The van der Waals surface area contributed by atoms with Crippen LogP contribution in [0.4, 0.5) is 4.79 Å². The number of carbonyl (C=O) groups is 2. The largest absolute Gasteiger partial charge is 0.480 e. The van der Waals surface area contributed by atoms with Crippen molar-refractivity contribution in [3.8, 4) is 0 Å². The number of carboxylic acid groups (broad SMARTS) is 1. The van der Waals surface area contributed by atoms with Gasteiger partial charge in [0.2, 0.25) is 0 Å². The number of hydrogen-bond donors (Lipinski definition) is 2. The zero-order valence-electron chi connectivity index (χ0n) is 10.6. The first-order chi connectivity index (χ1) is 7.25. The lowest BCUT2D eigenvalue weighted by atomic mass is 10.0. The van der Waals surface area contributed by atoms with Gasteiger partial charge in [-0.1, -0.05) is 0 Å². The summed E-state index contributed by atoms with van der Waals surface area (Å²) in [7, 11) is 4.93. The molecule has 94 valence electrons. The standard InChI is InChI=1S/C10H21N3O3/c1-10(2,8(14)15)13(5)9(16)12(4)7-6-11-3/h11H,6-7H2,1-5H3,(H,14,15). The molecule has 0 rings (SSSR count).